The lowest BCUT2D eigenvalue weighted by Crippen LogP contribution is -2.06. The number of halogens is 2. The quantitative estimate of drug-likeness (QED) is 0.905. The molecule has 17 heavy (non-hydrogen) atoms. The summed E-state index contributed by atoms with van der Waals surface area (Å²) in [6.07, 6.45) is 2.78. The molecule has 0 saturated heterocycles. The van der Waals surface area contributed by atoms with Gasteiger partial charge in [-0.2, -0.15) is 0 Å². The van der Waals surface area contributed by atoms with Crippen molar-refractivity contribution in [3.05, 3.63) is 53.1 Å². The number of pyridine rings is 1. The number of hydrogen-bond acceptors (Lipinski definition) is 2. The van der Waals surface area contributed by atoms with Crippen LogP contribution in [0.3, 0.4) is 0 Å². The summed E-state index contributed by atoms with van der Waals surface area (Å²) in [4.78, 5) is 3.74. The maximum atomic E-state index is 13.7. The van der Waals surface area contributed by atoms with Crippen LogP contribution in [0.2, 0.25) is 5.02 Å². The number of nitrogens with one attached hydrogen (secondary N) is 1. The highest BCUT2D eigenvalue weighted by molar-refractivity contribution is 6.30. The second kappa shape index (κ2) is 5.25. The van der Waals surface area contributed by atoms with Gasteiger partial charge in [0.1, 0.15) is 5.82 Å². The molecule has 0 atom stereocenters. The summed E-state index contributed by atoms with van der Waals surface area (Å²) in [5.74, 6) is -0.341. The molecule has 88 valence electrons. The number of benzene rings is 1. The molecule has 1 N–H and O–H groups in total. The van der Waals surface area contributed by atoms with Crippen LogP contribution in [-0.2, 0) is 6.54 Å². The molecular weight excluding hydrogens is 239 g/mol. The highest BCUT2D eigenvalue weighted by Crippen LogP contribution is 2.28. The minimum Gasteiger partial charge on any atom is -0.316 e. The topological polar surface area (TPSA) is 24.9 Å². The molecule has 0 radical (unpaired) electrons. The van der Waals surface area contributed by atoms with Gasteiger partial charge in [0.15, 0.2) is 0 Å². The van der Waals surface area contributed by atoms with E-state index in [1.54, 1.807) is 24.4 Å². The zero-order chi connectivity index (χ0) is 12.3. The smallest absolute Gasteiger partial charge is 0.149 e. The van der Waals surface area contributed by atoms with Crippen LogP contribution >= 0.6 is 11.6 Å². The average molecular weight is 251 g/mol. The van der Waals surface area contributed by atoms with E-state index in [0.717, 1.165) is 11.1 Å². The van der Waals surface area contributed by atoms with Crippen LogP contribution < -0.4 is 5.32 Å². The van der Waals surface area contributed by atoms with E-state index in [9.17, 15) is 4.39 Å². The highest BCUT2D eigenvalue weighted by atomic mass is 35.5. The minimum atomic E-state index is -0.341. The van der Waals surface area contributed by atoms with Crippen molar-refractivity contribution in [2.24, 2.45) is 0 Å². The summed E-state index contributed by atoms with van der Waals surface area (Å²) in [5, 5.41) is 3.65. The van der Waals surface area contributed by atoms with E-state index in [4.69, 9.17) is 11.6 Å². The summed E-state index contributed by atoms with van der Waals surface area (Å²) in [6.45, 7) is 0.661. The van der Waals surface area contributed by atoms with Crippen LogP contribution in [0.5, 0.6) is 0 Å². The zero-order valence-electron chi connectivity index (χ0n) is 9.37. The summed E-state index contributed by atoms with van der Waals surface area (Å²) in [5.41, 5.74) is 2.32. The Morgan fingerprint density at radius 3 is 2.82 bits per heavy atom. The molecule has 2 aromatic rings. The molecule has 0 fully saturated rings. The molecule has 0 aliphatic carbocycles. The molecule has 0 aliphatic heterocycles. The maximum absolute atomic E-state index is 13.7. The SMILES string of the molecule is CNCc1ccc(Cl)cc1-c1ccncc1F. The van der Waals surface area contributed by atoms with Crippen molar-refractivity contribution in [2.45, 2.75) is 6.54 Å². The van der Waals surface area contributed by atoms with E-state index >= 15 is 0 Å². The Balaban J connectivity index is 2.57. The Kier molecular flexibility index (Phi) is 3.71. The zero-order valence-corrected chi connectivity index (χ0v) is 10.1. The predicted molar refractivity (Wildman–Crippen MR) is 67.4 cm³/mol. The Hall–Kier alpha value is -1.45. The van der Waals surface area contributed by atoms with Gasteiger partial charge in [-0.25, -0.2) is 4.39 Å². The predicted octanol–water partition coefficient (Wildman–Crippen LogP) is 3.26. The van der Waals surface area contributed by atoms with Gasteiger partial charge in [0.25, 0.3) is 0 Å². The third-order valence-electron chi connectivity index (χ3n) is 2.50. The number of hydrogen-bond donors (Lipinski definition) is 1. The molecule has 0 bridgehead atoms. The van der Waals surface area contributed by atoms with Crippen LogP contribution in [0, 0.1) is 5.82 Å². The Morgan fingerprint density at radius 1 is 1.29 bits per heavy atom. The van der Waals surface area contributed by atoms with E-state index < -0.39 is 0 Å². The lowest BCUT2D eigenvalue weighted by molar-refractivity contribution is 0.624. The fourth-order valence-corrected chi connectivity index (χ4v) is 1.91. The second-order valence-electron chi connectivity index (χ2n) is 3.69. The third-order valence-corrected chi connectivity index (χ3v) is 2.74. The van der Waals surface area contributed by atoms with E-state index in [1.807, 2.05) is 13.1 Å². The molecule has 2 nitrogen and oxygen atoms in total. The van der Waals surface area contributed by atoms with E-state index in [1.165, 1.54) is 6.20 Å². The van der Waals surface area contributed by atoms with Crippen molar-refractivity contribution in [2.75, 3.05) is 7.05 Å². The lowest BCUT2D eigenvalue weighted by Gasteiger charge is -2.10. The first kappa shape index (κ1) is 12.0. The molecule has 0 aliphatic rings. The summed E-state index contributed by atoms with van der Waals surface area (Å²) >= 11 is 5.96. The van der Waals surface area contributed by atoms with Gasteiger partial charge < -0.3 is 5.32 Å². The number of aromatic nitrogens is 1. The number of nitrogens with zero attached hydrogens (tertiary/aromatic N) is 1. The highest BCUT2D eigenvalue weighted by Gasteiger charge is 2.09. The molecule has 0 amide bonds. The molecule has 0 saturated carbocycles. The van der Waals surface area contributed by atoms with Gasteiger partial charge in [0, 0.05) is 23.3 Å². The Labute approximate surface area is 104 Å². The molecule has 0 spiro atoms. The van der Waals surface area contributed by atoms with E-state index in [2.05, 4.69) is 10.3 Å². The molecule has 0 unspecified atom stereocenters. The lowest BCUT2D eigenvalue weighted by atomic mass is 10.0. The van der Waals surface area contributed by atoms with Crippen LogP contribution in [0.1, 0.15) is 5.56 Å². The van der Waals surface area contributed by atoms with E-state index in [-0.39, 0.29) is 5.82 Å². The van der Waals surface area contributed by atoms with Gasteiger partial charge in [0.2, 0.25) is 0 Å². The normalized spacial score (nSPS) is 10.5. The monoisotopic (exact) mass is 250 g/mol. The fraction of sp³-hybridized carbons (Fsp3) is 0.154. The van der Waals surface area contributed by atoms with Crippen molar-refractivity contribution in [1.82, 2.24) is 10.3 Å². The van der Waals surface area contributed by atoms with Crippen molar-refractivity contribution in [3.63, 3.8) is 0 Å². The molecule has 1 aromatic carbocycles. The Morgan fingerprint density at radius 2 is 2.12 bits per heavy atom. The van der Waals surface area contributed by atoms with Crippen molar-refractivity contribution >= 4 is 11.6 Å². The molecular formula is C13H12ClFN2. The fourth-order valence-electron chi connectivity index (χ4n) is 1.74. The standard InChI is InChI=1S/C13H12ClFN2/c1-16-7-9-2-3-10(14)6-12(9)11-4-5-17-8-13(11)15/h2-6,8,16H,7H2,1H3. The number of rotatable bonds is 3. The van der Waals surface area contributed by atoms with Gasteiger partial charge in [-0.05, 0) is 36.4 Å². The van der Waals surface area contributed by atoms with Crippen LogP contribution in [0.25, 0.3) is 11.1 Å². The first-order valence-electron chi connectivity index (χ1n) is 5.25. The van der Waals surface area contributed by atoms with Crippen molar-refractivity contribution in [1.29, 1.82) is 0 Å². The molecule has 2 rings (SSSR count). The van der Waals surface area contributed by atoms with Crippen LogP contribution in [-0.4, -0.2) is 12.0 Å². The summed E-state index contributed by atoms with van der Waals surface area (Å²) in [6, 6.07) is 7.12. The van der Waals surface area contributed by atoms with Gasteiger partial charge in [-0.1, -0.05) is 17.7 Å². The third kappa shape index (κ3) is 2.62. The van der Waals surface area contributed by atoms with Crippen molar-refractivity contribution in [3.8, 4) is 11.1 Å². The van der Waals surface area contributed by atoms with Gasteiger partial charge >= 0.3 is 0 Å². The first-order chi connectivity index (χ1) is 8.22. The second-order valence-corrected chi connectivity index (χ2v) is 4.12. The maximum Gasteiger partial charge on any atom is 0.149 e. The van der Waals surface area contributed by atoms with E-state index in [0.29, 0.717) is 17.1 Å². The van der Waals surface area contributed by atoms with Gasteiger partial charge in [-0.3, -0.25) is 4.98 Å². The largest absolute Gasteiger partial charge is 0.316 e. The van der Waals surface area contributed by atoms with Gasteiger partial charge in [-0.15, -0.1) is 0 Å². The molecule has 1 heterocycles. The van der Waals surface area contributed by atoms with Crippen molar-refractivity contribution < 1.29 is 4.39 Å². The van der Waals surface area contributed by atoms with Gasteiger partial charge in [0.05, 0.1) is 6.20 Å². The first-order valence-corrected chi connectivity index (χ1v) is 5.63. The molecule has 1 aromatic heterocycles. The van der Waals surface area contributed by atoms with Crippen LogP contribution in [0.4, 0.5) is 4.39 Å². The summed E-state index contributed by atoms with van der Waals surface area (Å²) in [7, 11) is 1.85. The van der Waals surface area contributed by atoms with Crippen LogP contribution in [0.15, 0.2) is 36.7 Å². The summed E-state index contributed by atoms with van der Waals surface area (Å²) < 4.78 is 13.7. The molecule has 4 heteroatoms. The Bertz CT molecular complexity index is 529. The average Bonchev–Trinajstić information content (AvgIpc) is 2.32. The minimum absolute atomic E-state index is 0.341.